The molecule has 2 bridgehead atoms. The first-order valence-electron chi connectivity index (χ1n) is 8.45. The van der Waals surface area contributed by atoms with Crippen LogP contribution in [-0.4, -0.2) is 49.1 Å². The highest BCUT2D eigenvalue weighted by atomic mass is 16.2. The molecule has 0 spiro atoms. The van der Waals surface area contributed by atoms with Crippen molar-refractivity contribution in [1.82, 2.24) is 15.5 Å². The van der Waals surface area contributed by atoms with Gasteiger partial charge in [0, 0.05) is 31.6 Å². The standard InChI is InChI=1S/C16H29N3O/c1-19(15-10-13-3-4-14(11-15)18-13)16(20)5-2-12-6-8-17-9-7-12/h12-15,17-18H,2-11H2,1H3. The van der Waals surface area contributed by atoms with Crippen molar-refractivity contribution in [3.05, 3.63) is 0 Å². The van der Waals surface area contributed by atoms with Gasteiger partial charge in [-0.25, -0.2) is 0 Å². The van der Waals surface area contributed by atoms with Crippen molar-refractivity contribution >= 4 is 5.91 Å². The Balaban J connectivity index is 1.44. The summed E-state index contributed by atoms with van der Waals surface area (Å²) in [6.07, 6.45) is 9.25. The molecule has 0 aromatic carbocycles. The fraction of sp³-hybridized carbons (Fsp3) is 0.938. The van der Waals surface area contributed by atoms with E-state index in [1.54, 1.807) is 0 Å². The van der Waals surface area contributed by atoms with Gasteiger partial charge in [-0.3, -0.25) is 4.79 Å². The van der Waals surface area contributed by atoms with E-state index in [1.807, 2.05) is 7.05 Å². The number of carbonyl (C=O) groups excluding carboxylic acids is 1. The third-order valence-electron chi connectivity index (χ3n) is 5.61. The lowest BCUT2D eigenvalue weighted by atomic mass is 9.92. The lowest BCUT2D eigenvalue weighted by Crippen LogP contribution is -2.48. The van der Waals surface area contributed by atoms with Crippen LogP contribution in [0.5, 0.6) is 0 Å². The van der Waals surface area contributed by atoms with E-state index in [0.717, 1.165) is 44.7 Å². The largest absolute Gasteiger partial charge is 0.343 e. The Hall–Kier alpha value is -0.610. The van der Waals surface area contributed by atoms with Crippen LogP contribution in [0.2, 0.25) is 0 Å². The van der Waals surface area contributed by atoms with Crippen molar-refractivity contribution in [2.45, 2.75) is 69.5 Å². The Labute approximate surface area is 122 Å². The second kappa shape index (κ2) is 6.44. The second-order valence-electron chi connectivity index (χ2n) is 7.00. The van der Waals surface area contributed by atoms with Gasteiger partial charge in [0.25, 0.3) is 0 Å². The van der Waals surface area contributed by atoms with Crippen LogP contribution < -0.4 is 10.6 Å². The number of carbonyl (C=O) groups is 1. The van der Waals surface area contributed by atoms with Crippen molar-refractivity contribution in [1.29, 1.82) is 0 Å². The van der Waals surface area contributed by atoms with Crippen LogP contribution in [0, 0.1) is 5.92 Å². The zero-order valence-electron chi connectivity index (χ0n) is 12.7. The molecule has 0 saturated carbocycles. The van der Waals surface area contributed by atoms with Crippen LogP contribution >= 0.6 is 0 Å². The summed E-state index contributed by atoms with van der Waals surface area (Å²) in [5.41, 5.74) is 0. The summed E-state index contributed by atoms with van der Waals surface area (Å²) in [5.74, 6) is 1.13. The van der Waals surface area contributed by atoms with Crippen LogP contribution in [0.25, 0.3) is 0 Å². The molecule has 4 heteroatoms. The van der Waals surface area contributed by atoms with Gasteiger partial charge in [-0.05, 0) is 64.0 Å². The lowest BCUT2D eigenvalue weighted by molar-refractivity contribution is -0.133. The number of nitrogens with zero attached hydrogens (tertiary/aromatic N) is 1. The molecule has 0 radical (unpaired) electrons. The SMILES string of the molecule is CN(C(=O)CCC1CCNCC1)C1CC2CCC(C1)N2. The number of amides is 1. The molecule has 20 heavy (non-hydrogen) atoms. The highest BCUT2D eigenvalue weighted by Gasteiger charge is 2.36. The fourth-order valence-electron chi connectivity index (χ4n) is 4.22. The Bertz CT molecular complexity index is 329. The lowest BCUT2D eigenvalue weighted by Gasteiger charge is -2.36. The predicted molar refractivity (Wildman–Crippen MR) is 80.6 cm³/mol. The normalized spacial score (nSPS) is 34.1. The summed E-state index contributed by atoms with van der Waals surface area (Å²) in [7, 11) is 2.03. The van der Waals surface area contributed by atoms with Gasteiger partial charge in [0.15, 0.2) is 0 Å². The van der Waals surface area contributed by atoms with Crippen LogP contribution in [0.4, 0.5) is 0 Å². The number of hydrogen-bond donors (Lipinski definition) is 2. The maximum absolute atomic E-state index is 12.4. The minimum absolute atomic E-state index is 0.370. The molecule has 0 aromatic heterocycles. The molecule has 114 valence electrons. The molecule has 3 aliphatic heterocycles. The van der Waals surface area contributed by atoms with Crippen LogP contribution in [0.3, 0.4) is 0 Å². The van der Waals surface area contributed by atoms with Gasteiger partial charge < -0.3 is 15.5 Å². The quantitative estimate of drug-likeness (QED) is 0.820. The highest BCUT2D eigenvalue weighted by molar-refractivity contribution is 5.76. The molecule has 3 saturated heterocycles. The molecule has 2 unspecified atom stereocenters. The number of rotatable bonds is 4. The van der Waals surface area contributed by atoms with E-state index in [-0.39, 0.29) is 0 Å². The number of nitrogens with one attached hydrogen (secondary N) is 2. The zero-order valence-corrected chi connectivity index (χ0v) is 12.7. The third-order valence-corrected chi connectivity index (χ3v) is 5.61. The first-order valence-corrected chi connectivity index (χ1v) is 8.45. The Morgan fingerprint density at radius 1 is 1.10 bits per heavy atom. The van der Waals surface area contributed by atoms with Gasteiger partial charge in [-0.2, -0.15) is 0 Å². The molecule has 0 aromatic rings. The third kappa shape index (κ3) is 3.34. The van der Waals surface area contributed by atoms with Gasteiger partial charge in [0.05, 0.1) is 0 Å². The highest BCUT2D eigenvalue weighted by Crippen LogP contribution is 2.29. The van der Waals surface area contributed by atoms with Gasteiger partial charge in [-0.15, -0.1) is 0 Å². The Morgan fingerprint density at radius 2 is 1.75 bits per heavy atom. The molecule has 2 atom stereocenters. The summed E-state index contributed by atoms with van der Waals surface area (Å²) >= 11 is 0. The first-order chi connectivity index (χ1) is 9.72. The van der Waals surface area contributed by atoms with E-state index >= 15 is 0 Å². The Kier molecular flexibility index (Phi) is 4.61. The average Bonchev–Trinajstić information content (AvgIpc) is 2.83. The first kappa shape index (κ1) is 14.3. The molecule has 3 fully saturated rings. The topological polar surface area (TPSA) is 44.4 Å². The minimum atomic E-state index is 0.370. The van der Waals surface area contributed by atoms with Crippen LogP contribution in [0.1, 0.15) is 51.4 Å². The van der Waals surface area contributed by atoms with Crippen molar-refractivity contribution in [3.8, 4) is 0 Å². The van der Waals surface area contributed by atoms with Gasteiger partial charge in [0.2, 0.25) is 5.91 Å². The van der Waals surface area contributed by atoms with Crippen molar-refractivity contribution in [2.24, 2.45) is 5.92 Å². The van der Waals surface area contributed by atoms with Crippen LogP contribution in [-0.2, 0) is 4.79 Å². The van der Waals surface area contributed by atoms with E-state index < -0.39 is 0 Å². The molecule has 1 amide bonds. The molecular weight excluding hydrogens is 250 g/mol. The summed E-state index contributed by atoms with van der Waals surface area (Å²) in [5, 5.41) is 7.04. The molecule has 3 heterocycles. The molecule has 3 rings (SSSR count). The zero-order chi connectivity index (χ0) is 13.9. The van der Waals surface area contributed by atoms with Crippen molar-refractivity contribution in [2.75, 3.05) is 20.1 Å². The van der Waals surface area contributed by atoms with E-state index in [0.29, 0.717) is 24.0 Å². The van der Waals surface area contributed by atoms with Gasteiger partial charge in [0.1, 0.15) is 0 Å². The number of fused-ring (bicyclic) bond motifs is 2. The average molecular weight is 279 g/mol. The van der Waals surface area contributed by atoms with Gasteiger partial charge >= 0.3 is 0 Å². The Morgan fingerprint density at radius 3 is 2.40 bits per heavy atom. The molecule has 4 nitrogen and oxygen atoms in total. The number of hydrogen-bond acceptors (Lipinski definition) is 3. The maximum Gasteiger partial charge on any atom is 0.222 e. The van der Waals surface area contributed by atoms with E-state index in [9.17, 15) is 4.79 Å². The monoisotopic (exact) mass is 279 g/mol. The van der Waals surface area contributed by atoms with E-state index in [4.69, 9.17) is 0 Å². The van der Waals surface area contributed by atoms with Gasteiger partial charge in [-0.1, -0.05) is 0 Å². The smallest absolute Gasteiger partial charge is 0.222 e. The van der Waals surface area contributed by atoms with Crippen molar-refractivity contribution < 1.29 is 4.79 Å². The summed E-state index contributed by atoms with van der Waals surface area (Å²) in [4.78, 5) is 14.5. The second-order valence-corrected chi connectivity index (χ2v) is 7.00. The van der Waals surface area contributed by atoms with Crippen molar-refractivity contribution in [3.63, 3.8) is 0 Å². The number of piperidine rings is 2. The summed E-state index contributed by atoms with van der Waals surface area (Å²) in [6, 6.07) is 1.81. The van der Waals surface area contributed by atoms with Crippen LogP contribution in [0.15, 0.2) is 0 Å². The maximum atomic E-state index is 12.4. The fourth-order valence-corrected chi connectivity index (χ4v) is 4.22. The molecule has 3 aliphatic rings. The van der Waals surface area contributed by atoms with E-state index in [2.05, 4.69) is 15.5 Å². The summed E-state index contributed by atoms with van der Waals surface area (Å²) in [6.45, 7) is 2.26. The van der Waals surface area contributed by atoms with E-state index in [1.165, 1.54) is 25.7 Å². The predicted octanol–water partition coefficient (Wildman–Crippen LogP) is 1.51. The molecule has 2 N–H and O–H groups in total. The summed E-state index contributed by atoms with van der Waals surface area (Å²) < 4.78 is 0. The minimum Gasteiger partial charge on any atom is -0.343 e. The molecule has 0 aliphatic carbocycles. The molecular formula is C16H29N3O.